The Kier molecular flexibility index (Phi) is 3.66. The Hall–Kier alpha value is -2.55. The smallest absolute Gasteiger partial charge is 0.185 e. The third kappa shape index (κ3) is 3.01. The Balaban J connectivity index is 2.15. The van der Waals surface area contributed by atoms with Gasteiger partial charge in [0.25, 0.3) is 0 Å². The predicted molar refractivity (Wildman–Crippen MR) is 71.6 cm³/mol. The molecule has 0 radical (unpaired) electrons. The summed E-state index contributed by atoms with van der Waals surface area (Å²) in [7, 11) is 3.57. The fourth-order valence-corrected chi connectivity index (χ4v) is 1.67. The van der Waals surface area contributed by atoms with Crippen LogP contribution in [-0.2, 0) is 6.54 Å². The summed E-state index contributed by atoms with van der Waals surface area (Å²) in [6, 6.07) is 5.63. The average molecular weight is 257 g/mol. The van der Waals surface area contributed by atoms with Gasteiger partial charge in [0.2, 0.25) is 0 Å². The van der Waals surface area contributed by atoms with Gasteiger partial charge in [0.05, 0.1) is 6.54 Å². The molecular weight excluding hydrogens is 242 g/mol. The van der Waals surface area contributed by atoms with Crippen LogP contribution in [0.3, 0.4) is 0 Å². The SMILES string of the molecule is Cc1ccc(CN(C)c2cc(N(C)C#N)ncn2)o1. The van der Waals surface area contributed by atoms with Crippen molar-refractivity contribution in [1.82, 2.24) is 9.97 Å². The lowest BCUT2D eigenvalue weighted by Crippen LogP contribution is -2.18. The lowest BCUT2D eigenvalue weighted by Gasteiger charge is -2.17. The maximum Gasteiger partial charge on any atom is 0.185 e. The van der Waals surface area contributed by atoms with Gasteiger partial charge < -0.3 is 9.32 Å². The third-order valence-electron chi connectivity index (χ3n) is 2.71. The number of rotatable bonds is 4. The second kappa shape index (κ2) is 5.40. The zero-order valence-corrected chi connectivity index (χ0v) is 11.2. The Bertz CT molecular complexity index is 601. The average Bonchev–Trinajstić information content (AvgIpc) is 2.83. The van der Waals surface area contributed by atoms with Crippen molar-refractivity contribution in [2.75, 3.05) is 23.9 Å². The number of hydrogen-bond donors (Lipinski definition) is 0. The molecule has 0 saturated carbocycles. The highest BCUT2D eigenvalue weighted by molar-refractivity contribution is 5.51. The summed E-state index contributed by atoms with van der Waals surface area (Å²) >= 11 is 0. The molecule has 0 aromatic carbocycles. The highest BCUT2D eigenvalue weighted by Gasteiger charge is 2.09. The third-order valence-corrected chi connectivity index (χ3v) is 2.71. The van der Waals surface area contributed by atoms with Gasteiger partial charge in [-0.25, -0.2) is 9.97 Å². The van der Waals surface area contributed by atoms with E-state index in [1.54, 1.807) is 13.1 Å². The molecule has 2 aromatic heterocycles. The van der Waals surface area contributed by atoms with Crippen molar-refractivity contribution in [1.29, 1.82) is 5.26 Å². The minimum absolute atomic E-state index is 0.565. The Labute approximate surface area is 111 Å². The van der Waals surface area contributed by atoms with Gasteiger partial charge >= 0.3 is 0 Å². The van der Waals surface area contributed by atoms with E-state index in [1.807, 2.05) is 37.2 Å². The number of furan rings is 1. The van der Waals surface area contributed by atoms with Gasteiger partial charge in [0.1, 0.15) is 29.5 Å². The Morgan fingerprint density at radius 2 is 2.00 bits per heavy atom. The Morgan fingerprint density at radius 1 is 1.26 bits per heavy atom. The molecule has 0 aliphatic heterocycles. The van der Waals surface area contributed by atoms with Crippen molar-refractivity contribution in [3.05, 3.63) is 36.0 Å². The molecule has 0 fully saturated rings. The number of aromatic nitrogens is 2. The standard InChI is InChI=1S/C13H15N5O/c1-10-4-5-11(19-10)7-17(2)12-6-13(16-9-15-12)18(3)8-14/h4-6,9H,7H2,1-3H3. The van der Waals surface area contributed by atoms with Gasteiger partial charge in [-0.3, -0.25) is 4.90 Å². The monoisotopic (exact) mass is 257 g/mol. The molecule has 0 amide bonds. The van der Waals surface area contributed by atoms with E-state index in [0.29, 0.717) is 12.4 Å². The lowest BCUT2D eigenvalue weighted by atomic mass is 10.4. The molecule has 0 aliphatic carbocycles. The quantitative estimate of drug-likeness (QED) is 0.615. The fourth-order valence-electron chi connectivity index (χ4n) is 1.67. The molecular formula is C13H15N5O. The van der Waals surface area contributed by atoms with E-state index in [2.05, 4.69) is 9.97 Å². The minimum atomic E-state index is 0.565. The molecule has 19 heavy (non-hydrogen) atoms. The number of hydrogen-bond acceptors (Lipinski definition) is 6. The number of aryl methyl sites for hydroxylation is 1. The van der Waals surface area contributed by atoms with Gasteiger partial charge in [-0.2, -0.15) is 5.26 Å². The van der Waals surface area contributed by atoms with Crippen LogP contribution in [0.5, 0.6) is 0 Å². The van der Waals surface area contributed by atoms with Crippen molar-refractivity contribution in [2.45, 2.75) is 13.5 Å². The highest BCUT2D eigenvalue weighted by atomic mass is 16.3. The summed E-state index contributed by atoms with van der Waals surface area (Å²) in [6.45, 7) is 2.52. The first-order chi connectivity index (χ1) is 9.10. The minimum Gasteiger partial charge on any atom is -0.464 e. The lowest BCUT2D eigenvalue weighted by molar-refractivity contribution is 0.481. The van der Waals surface area contributed by atoms with Crippen molar-refractivity contribution < 1.29 is 4.42 Å². The highest BCUT2D eigenvalue weighted by Crippen LogP contribution is 2.17. The first kappa shape index (κ1) is 12.9. The molecule has 0 saturated heterocycles. The van der Waals surface area contributed by atoms with Gasteiger partial charge in [0, 0.05) is 20.2 Å². The largest absolute Gasteiger partial charge is 0.464 e. The van der Waals surface area contributed by atoms with E-state index in [1.165, 1.54) is 11.2 Å². The van der Waals surface area contributed by atoms with Crippen LogP contribution in [0.4, 0.5) is 11.6 Å². The van der Waals surface area contributed by atoms with Crippen LogP contribution in [0.1, 0.15) is 11.5 Å². The summed E-state index contributed by atoms with van der Waals surface area (Å²) in [5, 5.41) is 8.84. The van der Waals surface area contributed by atoms with Crippen LogP contribution in [0.2, 0.25) is 0 Å². The van der Waals surface area contributed by atoms with Crippen molar-refractivity contribution in [3.8, 4) is 6.19 Å². The molecule has 6 nitrogen and oxygen atoms in total. The maximum atomic E-state index is 8.84. The second-order valence-corrected chi connectivity index (χ2v) is 4.26. The first-order valence-corrected chi connectivity index (χ1v) is 5.82. The van der Waals surface area contributed by atoms with E-state index in [0.717, 1.165) is 17.3 Å². The van der Waals surface area contributed by atoms with Crippen molar-refractivity contribution in [3.63, 3.8) is 0 Å². The summed E-state index contributed by atoms with van der Waals surface area (Å²) in [5.74, 6) is 3.06. The predicted octanol–water partition coefficient (Wildman–Crippen LogP) is 1.93. The summed E-state index contributed by atoms with van der Waals surface area (Å²) in [5.41, 5.74) is 0. The van der Waals surface area contributed by atoms with Crippen LogP contribution >= 0.6 is 0 Å². The van der Waals surface area contributed by atoms with Gasteiger partial charge in [-0.1, -0.05) is 0 Å². The topological polar surface area (TPSA) is 69.2 Å². The molecule has 6 heteroatoms. The molecule has 2 rings (SSSR count). The number of nitrogens with zero attached hydrogens (tertiary/aromatic N) is 5. The van der Waals surface area contributed by atoms with Gasteiger partial charge in [-0.15, -0.1) is 0 Å². The molecule has 0 N–H and O–H groups in total. The van der Waals surface area contributed by atoms with E-state index in [4.69, 9.17) is 9.68 Å². The van der Waals surface area contributed by atoms with Crippen LogP contribution in [0, 0.1) is 18.4 Å². The number of nitriles is 1. The van der Waals surface area contributed by atoms with Crippen LogP contribution in [0.15, 0.2) is 28.9 Å². The molecule has 0 aliphatic rings. The molecule has 0 spiro atoms. The van der Waals surface area contributed by atoms with Gasteiger partial charge in [-0.05, 0) is 19.1 Å². The maximum absolute atomic E-state index is 8.84. The normalized spacial score (nSPS) is 10.0. The molecule has 0 atom stereocenters. The van der Waals surface area contributed by atoms with Crippen molar-refractivity contribution in [2.24, 2.45) is 0 Å². The van der Waals surface area contributed by atoms with Gasteiger partial charge in [0.15, 0.2) is 6.19 Å². The Morgan fingerprint density at radius 3 is 2.63 bits per heavy atom. The second-order valence-electron chi connectivity index (χ2n) is 4.26. The van der Waals surface area contributed by atoms with Crippen LogP contribution in [0.25, 0.3) is 0 Å². The summed E-state index contributed by atoms with van der Waals surface area (Å²) in [6.07, 6.45) is 3.45. The summed E-state index contributed by atoms with van der Waals surface area (Å²) in [4.78, 5) is 11.6. The van der Waals surface area contributed by atoms with Crippen LogP contribution in [-0.4, -0.2) is 24.1 Å². The zero-order chi connectivity index (χ0) is 13.8. The summed E-state index contributed by atoms with van der Waals surface area (Å²) < 4.78 is 5.53. The van der Waals surface area contributed by atoms with E-state index in [9.17, 15) is 0 Å². The van der Waals surface area contributed by atoms with E-state index >= 15 is 0 Å². The van der Waals surface area contributed by atoms with E-state index < -0.39 is 0 Å². The molecule has 2 aromatic rings. The first-order valence-electron chi connectivity index (χ1n) is 5.82. The van der Waals surface area contributed by atoms with Crippen LogP contribution < -0.4 is 9.80 Å². The molecule has 0 unspecified atom stereocenters. The molecule has 0 bridgehead atoms. The number of anilines is 2. The zero-order valence-electron chi connectivity index (χ0n) is 11.2. The fraction of sp³-hybridized carbons (Fsp3) is 0.308. The van der Waals surface area contributed by atoms with E-state index in [-0.39, 0.29) is 0 Å². The van der Waals surface area contributed by atoms with Crippen molar-refractivity contribution >= 4 is 11.6 Å². The molecule has 2 heterocycles. The molecule has 98 valence electrons.